The minimum atomic E-state index is 0. The summed E-state index contributed by atoms with van der Waals surface area (Å²) in [6.07, 6.45) is 4.34. The van der Waals surface area contributed by atoms with Gasteiger partial charge in [0.25, 0.3) is 0 Å². The molecule has 1 fully saturated rings. The van der Waals surface area contributed by atoms with Gasteiger partial charge in [0.15, 0.2) is 0 Å². The molecule has 2 heterocycles. The van der Waals surface area contributed by atoms with E-state index in [2.05, 4.69) is 22.4 Å². The molecule has 3 rings (SSSR count). The molecule has 1 aromatic heterocycles. The Labute approximate surface area is 113 Å². The fourth-order valence-electron chi connectivity index (χ4n) is 2.23. The van der Waals surface area contributed by atoms with E-state index in [4.69, 9.17) is 4.74 Å². The second kappa shape index (κ2) is 6.03. The maximum atomic E-state index is 6.00. The maximum Gasteiger partial charge on any atom is 0.120 e. The van der Waals surface area contributed by atoms with Gasteiger partial charge in [-0.15, -0.1) is 12.4 Å². The van der Waals surface area contributed by atoms with Crippen LogP contribution in [0.1, 0.15) is 12.8 Å². The summed E-state index contributed by atoms with van der Waals surface area (Å²) in [6, 6.07) is 10.1. The number of rotatable bonds is 2. The molecule has 0 amide bonds. The third-order valence-corrected chi connectivity index (χ3v) is 3.16. The molecular formula is C14H17ClN2O. The first-order valence-electron chi connectivity index (χ1n) is 6.14. The van der Waals surface area contributed by atoms with Gasteiger partial charge in [-0.1, -0.05) is 6.07 Å². The van der Waals surface area contributed by atoms with Crippen molar-refractivity contribution in [3.8, 4) is 5.75 Å². The number of fused-ring (bicyclic) bond motifs is 1. The zero-order chi connectivity index (χ0) is 11.5. The molecule has 0 spiro atoms. The molecule has 2 aromatic rings. The molecule has 1 aliphatic rings. The van der Waals surface area contributed by atoms with Crippen molar-refractivity contribution in [2.45, 2.75) is 18.9 Å². The summed E-state index contributed by atoms with van der Waals surface area (Å²) in [6.45, 7) is 2.11. The minimum absolute atomic E-state index is 0. The van der Waals surface area contributed by atoms with Gasteiger partial charge in [0.05, 0.1) is 5.52 Å². The molecule has 1 N–H and O–H groups in total. The molecule has 0 atom stereocenters. The largest absolute Gasteiger partial charge is 0.490 e. The summed E-state index contributed by atoms with van der Waals surface area (Å²) in [4.78, 5) is 4.30. The van der Waals surface area contributed by atoms with Crippen LogP contribution in [0.25, 0.3) is 10.9 Å². The van der Waals surface area contributed by atoms with Crippen molar-refractivity contribution in [1.29, 1.82) is 0 Å². The molecule has 0 bridgehead atoms. The van der Waals surface area contributed by atoms with Gasteiger partial charge in [0.1, 0.15) is 11.9 Å². The molecule has 0 saturated carbocycles. The van der Waals surface area contributed by atoms with E-state index in [1.807, 2.05) is 24.4 Å². The smallest absolute Gasteiger partial charge is 0.120 e. The fraction of sp³-hybridized carbons (Fsp3) is 0.357. The normalized spacial score (nSPS) is 16.2. The number of pyridine rings is 1. The fourth-order valence-corrected chi connectivity index (χ4v) is 2.23. The van der Waals surface area contributed by atoms with Crippen molar-refractivity contribution in [2.24, 2.45) is 0 Å². The lowest BCUT2D eigenvalue weighted by molar-refractivity contribution is 0.162. The van der Waals surface area contributed by atoms with E-state index < -0.39 is 0 Å². The van der Waals surface area contributed by atoms with Crippen molar-refractivity contribution < 1.29 is 4.74 Å². The summed E-state index contributed by atoms with van der Waals surface area (Å²) >= 11 is 0. The number of aromatic nitrogens is 1. The van der Waals surface area contributed by atoms with Crippen LogP contribution in [-0.2, 0) is 0 Å². The Morgan fingerprint density at radius 3 is 2.83 bits per heavy atom. The second-order valence-electron chi connectivity index (χ2n) is 4.43. The van der Waals surface area contributed by atoms with E-state index in [0.29, 0.717) is 6.10 Å². The van der Waals surface area contributed by atoms with Crippen LogP contribution in [0.3, 0.4) is 0 Å². The highest BCUT2D eigenvalue weighted by atomic mass is 35.5. The van der Waals surface area contributed by atoms with Crippen molar-refractivity contribution >= 4 is 23.3 Å². The van der Waals surface area contributed by atoms with Gasteiger partial charge in [-0.05, 0) is 50.2 Å². The van der Waals surface area contributed by atoms with Crippen LogP contribution < -0.4 is 10.1 Å². The van der Waals surface area contributed by atoms with Crippen molar-refractivity contribution in [3.05, 3.63) is 36.5 Å². The van der Waals surface area contributed by atoms with Gasteiger partial charge in [-0.25, -0.2) is 0 Å². The lowest BCUT2D eigenvalue weighted by Crippen LogP contribution is -2.34. The maximum absolute atomic E-state index is 6.00. The molecule has 96 valence electrons. The molecule has 0 unspecified atom stereocenters. The molecule has 1 aromatic carbocycles. The zero-order valence-electron chi connectivity index (χ0n) is 10.1. The van der Waals surface area contributed by atoms with Gasteiger partial charge in [-0.3, -0.25) is 4.98 Å². The molecular weight excluding hydrogens is 248 g/mol. The Bertz CT molecular complexity index is 512. The summed E-state index contributed by atoms with van der Waals surface area (Å²) in [5.41, 5.74) is 1.02. The first-order valence-corrected chi connectivity index (χ1v) is 6.14. The van der Waals surface area contributed by atoms with Crippen LogP contribution in [0.15, 0.2) is 36.5 Å². The van der Waals surface area contributed by atoms with Gasteiger partial charge >= 0.3 is 0 Å². The number of benzene rings is 1. The number of nitrogens with one attached hydrogen (secondary N) is 1. The Morgan fingerprint density at radius 2 is 2.00 bits per heavy atom. The summed E-state index contributed by atoms with van der Waals surface area (Å²) in [5, 5.41) is 4.48. The predicted molar refractivity (Wildman–Crippen MR) is 75.5 cm³/mol. The highest BCUT2D eigenvalue weighted by Crippen LogP contribution is 2.21. The third kappa shape index (κ3) is 2.92. The van der Waals surface area contributed by atoms with Crippen LogP contribution in [0.4, 0.5) is 0 Å². The molecule has 0 radical (unpaired) electrons. The first kappa shape index (κ1) is 13.1. The Hall–Kier alpha value is -1.32. The lowest BCUT2D eigenvalue weighted by Gasteiger charge is -2.23. The average Bonchev–Trinajstić information content (AvgIpc) is 2.40. The highest BCUT2D eigenvalue weighted by Gasteiger charge is 2.14. The molecule has 18 heavy (non-hydrogen) atoms. The number of halogens is 1. The van der Waals surface area contributed by atoms with Crippen molar-refractivity contribution in [1.82, 2.24) is 10.3 Å². The van der Waals surface area contributed by atoms with Crippen molar-refractivity contribution in [2.75, 3.05) is 13.1 Å². The first-order chi connectivity index (χ1) is 8.42. The number of ether oxygens (including phenoxy) is 1. The van der Waals surface area contributed by atoms with Gasteiger partial charge in [-0.2, -0.15) is 0 Å². The standard InChI is InChI=1S/C14H16N2O.ClH/c1-2-11-10-13(3-4-14(11)16-7-1)17-12-5-8-15-9-6-12;/h1-4,7,10,12,15H,5-6,8-9H2;1H. The van der Waals surface area contributed by atoms with Gasteiger partial charge < -0.3 is 10.1 Å². The van der Waals surface area contributed by atoms with Crippen LogP contribution >= 0.6 is 12.4 Å². The average molecular weight is 265 g/mol. The van der Waals surface area contributed by atoms with E-state index in [1.54, 1.807) is 0 Å². The zero-order valence-corrected chi connectivity index (χ0v) is 11.0. The van der Waals surface area contributed by atoms with E-state index in [0.717, 1.165) is 42.6 Å². The van der Waals surface area contributed by atoms with E-state index in [1.165, 1.54) is 0 Å². The quantitative estimate of drug-likeness (QED) is 0.906. The summed E-state index contributed by atoms with van der Waals surface area (Å²) in [7, 11) is 0. The number of piperidine rings is 1. The molecule has 0 aliphatic carbocycles. The van der Waals surface area contributed by atoms with Gasteiger partial charge in [0.2, 0.25) is 0 Å². The SMILES string of the molecule is Cl.c1cnc2ccc(OC3CCNCC3)cc2c1. The van der Waals surface area contributed by atoms with Crippen LogP contribution in [0, 0.1) is 0 Å². The van der Waals surface area contributed by atoms with Crippen molar-refractivity contribution in [3.63, 3.8) is 0 Å². The number of nitrogens with zero attached hydrogens (tertiary/aromatic N) is 1. The second-order valence-corrected chi connectivity index (χ2v) is 4.43. The Morgan fingerprint density at radius 1 is 1.17 bits per heavy atom. The Kier molecular flexibility index (Phi) is 4.39. The highest BCUT2D eigenvalue weighted by molar-refractivity contribution is 5.85. The molecule has 3 nitrogen and oxygen atoms in total. The van der Waals surface area contributed by atoms with Crippen LogP contribution in [0.5, 0.6) is 5.75 Å². The number of hydrogen-bond acceptors (Lipinski definition) is 3. The summed E-state index contributed by atoms with van der Waals surface area (Å²) < 4.78 is 6.00. The lowest BCUT2D eigenvalue weighted by atomic mass is 10.1. The topological polar surface area (TPSA) is 34.1 Å². The monoisotopic (exact) mass is 264 g/mol. The van der Waals surface area contributed by atoms with E-state index in [9.17, 15) is 0 Å². The number of hydrogen-bond donors (Lipinski definition) is 1. The van der Waals surface area contributed by atoms with Gasteiger partial charge in [0, 0.05) is 11.6 Å². The van der Waals surface area contributed by atoms with Crippen LogP contribution in [-0.4, -0.2) is 24.2 Å². The van der Waals surface area contributed by atoms with E-state index in [-0.39, 0.29) is 12.4 Å². The molecule has 4 heteroatoms. The molecule has 1 saturated heterocycles. The van der Waals surface area contributed by atoms with E-state index >= 15 is 0 Å². The summed E-state index contributed by atoms with van der Waals surface area (Å²) in [5.74, 6) is 0.956. The minimum Gasteiger partial charge on any atom is -0.490 e. The Balaban J connectivity index is 0.00000120. The third-order valence-electron chi connectivity index (χ3n) is 3.16. The predicted octanol–water partition coefficient (Wildman–Crippen LogP) is 2.79. The molecule has 1 aliphatic heterocycles. The van der Waals surface area contributed by atoms with Crippen LogP contribution in [0.2, 0.25) is 0 Å².